The van der Waals surface area contributed by atoms with Crippen molar-refractivity contribution in [2.24, 2.45) is 0 Å². The van der Waals surface area contributed by atoms with Crippen LogP contribution in [0.15, 0.2) is 0 Å². The Balaban J connectivity index is 2.04. The molecule has 2 nitrogen and oxygen atoms in total. The van der Waals surface area contributed by atoms with E-state index in [1.807, 2.05) is 0 Å². The zero-order valence-electron chi connectivity index (χ0n) is 11.7. The van der Waals surface area contributed by atoms with E-state index < -0.39 is 24.5 Å². The summed E-state index contributed by atoms with van der Waals surface area (Å²) in [6.45, 7) is 6.65. The maximum atomic E-state index is 12.1. The van der Waals surface area contributed by atoms with E-state index in [0.717, 1.165) is 12.8 Å². The van der Waals surface area contributed by atoms with E-state index in [0.29, 0.717) is 19.3 Å². The highest BCUT2D eigenvalue weighted by atomic mass is 32.2. The van der Waals surface area contributed by atoms with Gasteiger partial charge in [-0.15, -0.1) is 11.5 Å². The fraction of sp³-hybridized carbons (Fsp3) is 0.857. The van der Waals surface area contributed by atoms with Gasteiger partial charge in [0.05, 0.1) is 5.60 Å². The third kappa shape index (κ3) is 3.46. The Morgan fingerprint density at radius 1 is 1.28 bits per heavy atom. The second-order valence-corrected chi connectivity index (χ2v) is 13.6. The van der Waals surface area contributed by atoms with E-state index in [2.05, 4.69) is 31.1 Å². The molecule has 0 saturated carbocycles. The molecular weight excluding hydrogens is 260 g/mol. The van der Waals surface area contributed by atoms with Crippen molar-refractivity contribution in [3.8, 4) is 11.5 Å². The molecule has 18 heavy (non-hydrogen) atoms. The largest absolute Gasteiger partial charge is 0.389 e. The Morgan fingerprint density at radius 2 is 1.83 bits per heavy atom. The van der Waals surface area contributed by atoms with E-state index in [1.165, 1.54) is 6.42 Å². The van der Waals surface area contributed by atoms with Gasteiger partial charge in [-0.3, -0.25) is 4.21 Å². The summed E-state index contributed by atoms with van der Waals surface area (Å²) in [4.78, 5) is 0. The van der Waals surface area contributed by atoms with E-state index in [-0.39, 0.29) is 10.5 Å². The SMILES string of the molecule is C[Si](C)(C)C#CCC1(O)CC2CCCC(C1)S2=O. The van der Waals surface area contributed by atoms with Crippen molar-refractivity contribution in [2.75, 3.05) is 0 Å². The molecule has 2 heterocycles. The predicted octanol–water partition coefficient (Wildman–Crippen LogP) is 2.45. The molecule has 2 aliphatic heterocycles. The first kappa shape index (κ1) is 14.3. The van der Waals surface area contributed by atoms with Gasteiger partial charge in [0.2, 0.25) is 0 Å². The standard InChI is InChI=1S/C14H24O2SSi/c1-18(2,3)9-5-8-14(15)10-12-6-4-7-13(11-14)17(12)16/h12-13,15H,4,6-8,10-11H2,1-3H3. The molecule has 2 fully saturated rings. The summed E-state index contributed by atoms with van der Waals surface area (Å²) in [5.41, 5.74) is 2.65. The van der Waals surface area contributed by atoms with Crippen LogP contribution in [0.25, 0.3) is 0 Å². The lowest BCUT2D eigenvalue weighted by atomic mass is 9.83. The van der Waals surface area contributed by atoms with Crippen LogP contribution in [0.5, 0.6) is 0 Å². The molecule has 0 radical (unpaired) electrons. The van der Waals surface area contributed by atoms with Crippen molar-refractivity contribution in [3.63, 3.8) is 0 Å². The lowest BCUT2D eigenvalue weighted by Gasteiger charge is -2.42. The average Bonchev–Trinajstić information content (AvgIpc) is 2.19. The first-order valence-corrected chi connectivity index (χ1v) is 11.7. The second-order valence-electron chi connectivity index (χ2n) is 6.86. The monoisotopic (exact) mass is 284 g/mol. The van der Waals surface area contributed by atoms with E-state index in [1.54, 1.807) is 0 Å². The number of hydrogen-bond acceptors (Lipinski definition) is 2. The van der Waals surface area contributed by atoms with Crippen molar-refractivity contribution in [3.05, 3.63) is 0 Å². The van der Waals surface area contributed by atoms with Crippen molar-refractivity contribution >= 4 is 18.9 Å². The summed E-state index contributed by atoms with van der Waals surface area (Å²) in [6.07, 6.45) is 5.17. The molecule has 0 amide bonds. The van der Waals surface area contributed by atoms with Crippen LogP contribution in [0.3, 0.4) is 0 Å². The van der Waals surface area contributed by atoms with Crippen molar-refractivity contribution in [1.82, 2.24) is 0 Å². The third-order valence-electron chi connectivity index (χ3n) is 3.81. The molecule has 2 bridgehead atoms. The van der Waals surface area contributed by atoms with Crippen LogP contribution < -0.4 is 0 Å². The fourth-order valence-electron chi connectivity index (χ4n) is 3.00. The Bertz CT molecular complexity index is 386. The average molecular weight is 284 g/mol. The smallest absolute Gasteiger partial charge is 0.129 e. The van der Waals surface area contributed by atoms with E-state index in [4.69, 9.17) is 0 Å². The molecule has 0 spiro atoms. The number of hydrogen-bond donors (Lipinski definition) is 1. The van der Waals surface area contributed by atoms with Gasteiger partial charge in [-0.25, -0.2) is 0 Å². The molecular formula is C14H24O2SSi. The minimum Gasteiger partial charge on any atom is -0.389 e. The van der Waals surface area contributed by atoms with Gasteiger partial charge < -0.3 is 5.11 Å². The zero-order valence-corrected chi connectivity index (χ0v) is 13.5. The predicted molar refractivity (Wildman–Crippen MR) is 79.5 cm³/mol. The van der Waals surface area contributed by atoms with Crippen LogP contribution in [0.1, 0.15) is 38.5 Å². The van der Waals surface area contributed by atoms with Crippen LogP contribution in [0.4, 0.5) is 0 Å². The lowest BCUT2D eigenvalue weighted by Crippen LogP contribution is -2.48. The molecule has 102 valence electrons. The second kappa shape index (κ2) is 5.11. The number of aliphatic hydroxyl groups is 1. The highest BCUT2D eigenvalue weighted by molar-refractivity contribution is 7.86. The summed E-state index contributed by atoms with van der Waals surface area (Å²) < 4.78 is 12.1. The van der Waals surface area contributed by atoms with Crippen LogP contribution in [-0.2, 0) is 10.8 Å². The van der Waals surface area contributed by atoms with Crippen LogP contribution in [0.2, 0.25) is 19.6 Å². The highest BCUT2D eigenvalue weighted by Crippen LogP contribution is 2.40. The van der Waals surface area contributed by atoms with Crippen LogP contribution in [-0.4, -0.2) is 33.5 Å². The van der Waals surface area contributed by atoms with Crippen molar-refractivity contribution in [2.45, 2.75) is 74.3 Å². The summed E-state index contributed by atoms with van der Waals surface area (Å²) in [5, 5.41) is 11.1. The van der Waals surface area contributed by atoms with Gasteiger partial charge in [-0.2, -0.15) is 0 Å². The maximum Gasteiger partial charge on any atom is 0.129 e. The molecule has 4 heteroatoms. The summed E-state index contributed by atoms with van der Waals surface area (Å²) in [6, 6.07) is 0. The van der Waals surface area contributed by atoms with Gasteiger partial charge in [-0.1, -0.05) is 26.1 Å². The molecule has 2 atom stereocenters. The number of fused-ring (bicyclic) bond motifs is 2. The van der Waals surface area contributed by atoms with Crippen molar-refractivity contribution in [1.29, 1.82) is 0 Å². The summed E-state index contributed by atoms with van der Waals surface area (Å²) in [5.74, 6) is 3.20. The van der Waals surface area contributed by atoms with Crippen LogP contribution in [0, 0.1) is 11.5 Å². The molecule has 0 aromatic rings. The molecule has 2 saturated heterocycles. The van der Waals surface area contributed by atoms with Gasteiger partial charge >= 0.3 is 0 Å². The zero-order chi connectivity index (χ0) is 13.4. The Hall–Kier alpha value is -0.113. The molecule has 2 unspecified atom stereocenters. The molecule has 0 aromatic heterocycles. The molecule has 1 N–H and O–H groups in total. The van der Waals surface area contributed by atoms with Gasteiger partial charge in [0.25, 0.3) is 0 Å². The fourth-order valence-corrected chi connectivity index (χ4v) is 5.91. The van der Waals surface area contributed by atoms with Gasteiger partial charge in [0, 0.05) is 27.7 Å². The Kier molecular flexibility index (Phi) is 4.06. The Labute approximate surface area is 114 Å². The van der Waals surface area contributed by atoms with E-state index in [9.17, 15) is 9.32 Å². The van der Waals surface area contributed by atoms with Gasteiger partial charge in [0.15, 0.2) is 0 Å². The summed E-state index contributed by atoms with van der Waals surface area (Å²) in [7, 11) is -2.05. The van der Waals surface area contributed by atoms with Gasteiger partial charge in [-0.05, 0) is 25.7 Å². The van der Waals surface area contributed by atoms with Crippen molar-refractivity contribution < 1.29 is 9.32 Å². The first-order valence-electron chi connectivity index (χ1n) is 6.91. The third-order valence-corrected chi connectivity index (χ3v) is 6.85. The minimum atomic E-state index is -1.35. The Morgan fingerprint density at radius 3 is 2.33 bits per heavy atom. The summed E-state index contributed by atoms with van der Waals surface area (Å²) >= 11 is 0. The first-order chi connectivity index (χ1) is 8.29. The van der Waals surface area contributed by atoms with E-state index >= 15 is 0 Å². The molecule has 0 aromatic carbocycles. The molecule has 2 rings (SSSR count). The maximum absolute atomic E-state index is 12.1. The quantitative estimate of drug-likeness (QED) is 0.593. The van der Waals surface area contributed by atoms with Gasteiger partial charge in [0.1, 0.15) is 8.07 Å². The lowest BCUT2D eigenvalue weighted by molar-refractivity contribution is 0.0159. The van der Waals surface area contributed by atoms with Crippen LogP contribution >= 0.6 is 0 Å². The highest BCUT2D eigenvalue weighted by Gasteiger charge is 2.44. The molecule has 0 aliphatic carbocycles. The normalized spacial score (nSPS) is 39.9. The minimum absolute atomic E-state index is 0.219. The topological polar surface area (TPSA) is 37.3 Å². The molecule has 2 aliphatic rings. The number of rotatable bonds is 1.